The lowest BCUT2D eigenvalue weighted by atomic mass is 10.0. The largest absolute Gasteiger partial charge is 0.363 e. The maximum absolute atomic E-state index is 13.5. The first-order chi connectivity index (χ1) is 15.9. The van der Waals surface area contributed by atoms with E-state index in [0.29, 0.717) is 42.1 Å². The number of nitrogens with zero attached hydrogens (tertiary/aromatic N) is 4. The van der Waals surface area contributed by atoms with E-state index in [1.165, 1.54) is 0 Å². The average molecular weight is 447 g/mol. The zero-order valence-electron chi connectivity index (χ0n) is 19.8. The number of nitrogens with one attached hydrogen (secondary N) is 2. The molecule has 0 spiro atoms. The summed E-state index contributed by atoms with van der Waals surface area (Å²) in [6.07, 6.45) is 3.80. The van der Waals surface area contributed by atoms with Crippen molar-refractivity contribution >= 4 is 22.6 Å². The number of aromatic amines is 1. The molecule has 1 amide bonds. The Balaban J connectivity index is 1.75. The Labute approximate surface area is 193 Å². The van der Waals surface area contributed by atoms with Crippen LogP contribution in [-0.2, 0) is 19.3 Å². The molecule has 0 aliphatic carbocycles. The van der Waals surface area contributed by atoms with Gasteiger partial charge in [-0.3, -0.25) is 4.79 Å². The van der Waals surface area contributed by atoms with Crippen LogP contribution in [0.2, 0.25) is 0 Å². The molecule has 0 aliphatic heterocycles. The molecule has 33 heavy (non-hydrogen) atoms. The number of amides is 1. The Morgan fingerprint density at radius 3 is 2.70 bits per heavy atom. The molecule has 8 heteroatoms. The molecule has 2 N–H and O–H groups in total. The molecule has 0 saturated carbocycles. The summed E-state index contributed by atoms with van der Waals surface area (Å²) in [5, 5.41) is 8.45. The first kappa shape index (κ1) is 22.5. The first-order valence-electron chi connectivity index (χ1n) is 11.3. The number of anilines is 1. The Morgan fingerprint density at radius 2 is 1.97 bits per heavy atom. The number of carbonyl (C=O) groups is 1. The molecule has 0 unspecified atom stereocenters. The second-order valence-electron chi connectivity index (χ2n) is 8.32. The topological polar surface area (TPSA) is 99.9 Å². The quantitative estimate of drug-likeness (QED) is 0.422. The smallest absolute Gasteiger partial charge is 0.257 e. The van der Waals surface area contributed by atoms with E-state index in [4.69, 9.17) is 9.51 Å². The summed E-state index contributed by atoms with van der Waals surface area (Å²) in [5.74, 6) is 1.85. The summed E-state index contributed by atoms with van der Waals surface area (Å²) in [5.41, 5.74) is 4.13. The molecule has 0 fully saturated rings. The zero-order chi connectivity index (χ0) is 23.5. The highest BCUT2D eigenvalue weighted by atomic mass is 16.5. The fourth-order valence-corrected chi connectivity index (χ4v) is 4.07. The second kappa shape index (κ2) is 9.44. The molecule has 3 aromatic heterocycles. The van der Waals surface area contributed by atoms with E-state index in [1.807, 2.05) is 70.2 Å². The number of hydrogen-bond donors (Lipinski definition) is 2. The van der Waals surface area contributed by atoms with Gasteiger partial charge >= 0.3 is 0 Å². The van der Waals surface area contributed by atoms with Gasteiger partial charge in [0, 0.05) is 50.1 Å². The third-order valence-electron chi connectivity index (χ3n) is 5.78. The van der Waals surface area contributed by atoms with Crippen molar-refractivity contribution in [3.63, 3.8) is 0 Å². The van der Waals surface area contributed by atoms with Gasteiger partial charge in [-0.15, -0.1) is 0 Å². The second-order valence-corrected chi connectivity index (χ2v) is 8.32. The molecule has 0 bridgehead atoms. The van der Waals surface area contributed by atoms with Crippen LogP contribution in [0.5, 0.6) is 0 Å². The summed E-state index contributed by atoms with van der Waals surface area (Å²) < 4.78 is 5.43. The van der Waals surface area contributed by atoms with Crippen molar-refractivity contribution in [2.24, 2.45) is 0 Å². The molecular weight excluding hydrogens is 416 g/mol. The van der Waals surface area contributed by atoms with E-state index in [-0.39, 0.29) is 11.9 Å². The monoisotopic (exact) mass is 446 g/mol. The van der Waals surface area contributed by atoms with Gasteiger partial charge in [-0.1, -0.05) is 37.2 Å². The third kappa shape index (κ3) is 4.60. The van der Waals surface area contributed by atoms with E-state index >= 15 is 0 Å². The minimum Gasteiger partial charge on any atom is -0.363 e. The molecule has 0 aliphatic rings. The molecule has 1 aromatic carbocycles. The van der Waals surface area contributed by atoms with Crippen LogP contribution in [0.25, 0.3) is 10.9 Å². The lowest BCUT2D eigenvalue weighted by molar-refractivity contribution is 0.0933. The lowest BCUT2D eigenvalue weighted by Gasteiger charge is -2.21. The Hall–Kier alpha value is -3.68. The predicted octanol–water partition coefficient (Wildman–Crippen LogP) is 4.16. The summed E-state index contributed by atoms with van der Waals surface area (Å²) >= 11 is 0. The van der Waals surface area contributed by atoms with Crippen LogP contribution in [0.15, 0.2) is 41.1 Å². The van der Waals surface area contributed by atoms with Gasteiger partial charge in [-0.25, -0.2) is 9.97 Å². The van der Waals surface area contributed by atoms with Crippen molar-refractivity contribution in [3.8, 4) is 0 Å². The maximum atomic E-state index is 13.5. The van der Waals surface area contributed by atoms with Crippen molar-refractivity contribution in [1.82, 2.24) is 25.4 Å². The van der Waals surface area contributed by atoms with Gasteiger partial charge in [-0.2, -0.15) is 0 Å². The molecule has 0 saturated heterocycles. The van der Waals surface area contributed by atoms with Crippen molar-refractivity contribution in [1.29, 1.82) is 0 Å². The fraction of sp³-hybridized carbons (Fsp3) is 0.360. The highest BCUT2D eigenvalue weighted by molar-refractivity contribution is 5.96. The standard InChI is InChI=1S/C25H30N6O2/c1-6-18-24(22(7-2)33-30-18)25(32)29-20(21-13-23(31(4)5)28-15(3)27-21)12-16-14-26-19-11-9-8-10-17(16)19/h8-11,13-14,20,26H,6-7,12H2,1-5H3,(H,29,32)/t20-/m0/s1. The van der Waals surface area contributed by atoms with Gasteiger partial charge in [0.25, 0.3) is 5.91 Å². The van der Waals surface area contributed by atoms with Crippen LogP contribution in [0.1, 0.15) is 58.8 Å². The van der Waals surface area contributed by atoms with Crippen molar-refractivity contribution in [2.45, 2.75) is 46.1 Å². The van der Waals surface area contributed by atoms with Crippen LogP contribution in [-0.4, -0.2) is 40.1 Å². The average Bonchev–Trinajstić information content (AvgIpc) is 3.42. The molecule has 3 heterocycles. The number of H-pyrrole nitrogens is 1. The molecule has 0 radical (unpaired) electrons. The number of rotatable bonds is 8. The molecule has 1 atom stereocenters. The van der Waals surface area contributed by atoms with Crippen molar-refractivity contribution < 1.29 is 9.32 Å². The van der Waals surface area contributed by atoms with Crippen LogP contribution in [0.4, 0.5) is 5.82 Å². The Kier molecular flexibility index (Phi) is 6.44. The Morgan fingerprint density at radius 1 is 1.18 bits per heavy atom. The minimum atomic E-state index is -0.360. The summed E-state index contributed by atoms with van der Waals surface area (Å²) in [6, 6.07) is 9.72. The highest BCUT2D eigenvalue weighted by Gasteiger charge is 2.26. The number of aromatic nitrogens is 4. The van der Waals surface area contributed by atoms with Crippen LogP contribution in [0.3, 0.4) is 0 Å². The highest BCUT2D eigenvalue weighted by Crippen LogP contribution is 2.26. The van der Waals surface area contributed by atoms with Gasteiger partial charge in [0.2, 0.25) is 0 Å². The van der Waals surface area contributed by atoms with Crippen LogP contribution < -0.4 is 10.2 Å². The Bertz CT molecular complexity index is 1250. The molecule has 4 rings (SSSR count). The molecule has 8 nitrogen and oxygen atoms in total. The van der Waals surface area contributed by atoms with E-state index in [1.54, 1.807) is 0 Å². The van der Waals surface area contributed by atoms with E-state index in [9.17, 15) is 4.79 Å². The summed E-state index contributed by atoms with van der Waals surface area (Å²) in [4.78, 5) is 27.9. The number of para-hydroxylation sites is 1. The van der Waals surface area contributed by atoms with E-state index in [0.717, 1.165) is 28.0 Å². The van der Waals surface area contributed by atoms with Crippen molar-refractivity contribution in [3.05, 3.63) is 70.6 Å². The molecule has 172 valence electrons. The van der Waals surface area contributed by atoms with Gasteiger partial charge in [0.15, 0.2) is 0 Å². The third-order valence-corrected chi connectivity index (χ3v) is 5.78. The lowest BCUT2D eigenvalue weighted by Crippen LogP contribution is -2.32. The normalized spacial score (nSPS) is 12.2. The predicted molar refractivity (Wildman–Crippen MR) is 129 cm³/mol. The summed E-state index contributed by atoms with van der Waals surface area (Å²) in [6.45, 7) is 5.79. The number of carbonyl (C=O) groups excluding carboxylic acids is 1. The number of hydrogen-bond acceptors (Lipinski definition) is 6. The van der Waals surface area contributed by atoms with Gasteiger partial charge in [-0.05, 0) is 25.0 Å². The number of benzene rings is 1. The zero-order valence-corrected chi connectivity index (χ0v) is 19.8. The molecular formula is C25H30N6O2. The number of aryl methyl sites for hydroxylation is 3. The number of fused-ring (bicyclic) bond motifs is 1. The van der Waals surface area contributed by atoms with Crippen molar-refractivity contribution in [2.75, 3.05) is 19.0 Å². The van der Waals surface area contributed by atoms with Gasteiger partial charge < -0.3 is 19.7 Å². The maximum Gasteiger partial charge on any atom is 0.257 e. The van der Waals surface area contributed by atoms with E-state index in [2.05, 4.69) is 26.5 Å². The van der Waals surface area contributed by atoms with Crippen LogP contribution in [0, 0.1) is 6.92 Å². The fourth-order valence-electron chi connectivity index (χ4n) is 4.07. The minimum absolute atomic E-state index is 0.197. The van der Waals surface area contributed by atoms with E-state index < -0.39 is 0 Å². The summed E-state index contributed by atoms with van der Waals surface area (Å²) in [7, 11) is 3.88. The SMILES string of the molecule is CCc1noc(CC)c1C(=O)N[C@@H](Cc1c[nH]c2ccccc12)c1cc(N(C)C)nc(C)n1. The van der Waals surface area contributed by atoms with Gasteiger partial charge in [0.1, 0.15) is 23.0 Å². The van der Waals surface area contributed by atoms with Crippen LogP contribution >= 0.6 is 0 Å². The first-order valence-corrected chi connectivity index (χ1v) is 11.3. The van der Waals surface area contributed by atoms with Gasteiger partial charge in [0.05, 0.1) is 17.4 Å². The molecule has 4 aromatic rings.